The summed E-state index contributed by atoms with van der Waals surface area (Å²) in [6.45, 7) is 6.61. The number of nitrogens with zero attached hydrogens (tertiary/aromatic N) is 1. The van der Waals surface area contributed by atoms with Crippen molar-refractivity contribution in [2.45, 2.75) is 77.2 Å². The van der Waals surface area contributed by atoms with Crippen LogP contribution in [0.15, 0.2) is 0 Å². The zero-order chi connectivity index (χ0) is 13.9. The molecule has 0 aliphatic heterocycles. The number of rotatable bonds is 6. The second-order valence-electron chi connectivity index (χ2n) is 6.54. The van der Waals surface area contributed by atoms with Crippen molar-refractivity contribution in [3.8, 4) is 0 Å². The summed E-state index contributed by atoms with van der Waals surface area (Å²) in [5.41, 5.74) is 1.45. The van der Waals surface area contributed by atoms with Gasteiger partial charge in [-0.1, -0.05) is 20.3 Å². The van der Waals surface area contributed by atoms with Crippen LogP contribution in [0, 0.1) is 5.92 Å². The lowest BCUT2D eigenvalue weighted by atomic mass is 9.81. The van der Waals surface area contributed by atoms with Crippen molar-refractivity contribution >= 4 is 11.3 Å². The fourth-order valence-electron chi connectivity index (χ4n) is 3.42. The van der Waals surface area contributed by atoms with Crippen LogP contribution in [0.3, 0.4) is 0 Å². The van der Waals surface area contributed by atoms with Crippen LogP contribution in [0.25, 0.3) is 0 Å². The van der Waals surface area contributed by atoms with Gasteiger partial charge in [0.25, 0.3) is 0 Å². The molecule has 1 N–H and O–H groups in total. The Balaban J connectivity index is 1.70. The van der Waals surface area contributed by atoms with E-state index in [4.69, 9.17) is 4.98 Å². The van der Waals surface area contributed by atoms with E-state index in [0.717, 1.165) is 30.8 Å². The normalized spacial score (nSPS) is 26.9. The number of hydrogen-bond acceptors (Lipinski definition) is 3. The van der Waals surface area contributed by atoms with Crippen LogP contribution in [0.5, 0.6) is 0 Å². The van der Waals surface area contributed by atoms with Crippen LogP contribution in [0.2, 0.25) is 0 Å². The molecule has 2 fully saturated rings. The molecule has 0 amide bonds. The van der Waals surface area contributed by atoms with E-state index in [9.17, 15) is 0 Å². The molecule has 2 saturated carbocycles. The average molecular weight is 292 g/mol. The maximum absolute atomic E-state index is 5.08. The van der Waals surface area contributed by atoms with Crippen molar-refractivity contribution in [3.63, 3.8) is 0 Å². The Morgan fingerprint density at radius 1 is 1.05 bits per heavy atom. The number of aromatic nitrogens is 1. The van der Waals surface area contributed by atoms with Crippen LogP contribution >= 0.6 is 11.3 Å². The topological polar surface area (TPSA) is 24.9 Å². The van der Waals surface area contributed by atoms with Gasteiger partial charge in [0.05, 0.1) is 10.7 Å². The van der Waals surface area contributed by atoms with E-state index >= 15 is 0 Å². The van der Waals surface area contributed by atoms with E-state index in [1.807, 2.05) is 11.3 Å². The van der Waals surface area contributed by atoms with Gasteiger partial charge in [0.15, 0.2) is 0 Å². The predicted octanol–water partition coefficient (Wildman–Crippen LogP) is 4.81. The molecule has 3 rings (SSSR count). The predicted molar refractivity (Wildman–Crippen MR) is 86.5 cm³/mol. The van der Waals surface area contributed by atoms with Gasteiger partial charge >= 0.3 is 0 Å². The fraction of sp³-hybridized carbons (Fsp3) is 0.824. The van der Waals surface area contributed by atoms with E-state index < -0.39 is 0 Å². The largest absolute Gasteiger partial charge is 0.312 e. The summed E-state index contributed by atoms with van der Waals surface area (Å²) < 4.78 is 0. The third-order valence-corrected chi connectivity index (χ3v) is 6.25. The van der Waals surface area contributed by atoms with Crippen LogP contribution in [-0.2, 0) is 6.54 Å². The van der Waals surface area contributed by atoms with E-state index in [-0.39, 0.29) is 0 Å². The van der Waals surface area contributed by atoms with E-state index in [2.05, 4.69) is 19.2 Å². The number of nitrogens with one attached hydrogen (secondary N) is 1. The van der Waals surface area contributed by atoms with Crippen molar-refractivity contribution in [2.75, 3.05) is 6.54 Å². The lowest BCUT2D eigenvalue weighted by molar-refractivity contribution is 0.318. The summed E-state index contributed by atoms with van der Waals surface area (Å²) in [5, 5.41) is 4.94. The summed E-state index contributed by atoms with van der Waals surface area (Å²) in [6.07, 6.45) is 9.68. The molecule has 3 heteroatoms. The van der Waals surface area contributed by atoms with Crippen molar-refractivity contribution in [3.05, 3.63) is 15.6 Å². The minimum absolute atomic E-state index is 0.760. The molecule has 112 valence electrons. The van der Waals surface area contributed by atoms with Gasteiger partial charge < -0.3 is 5.32 Å². The summed E-state index contributed by atoms with van der Waals surface area (Å²) in [6, 6.07) is 0. The average Bonchev–Trinajstić information content (AvgIpc) is 3.25. The van der Waals surface area contributed by atoms with Crippen molar-refractivity contribution in [1.82, 2.24) is 10.3 Å². The molecule has 0 aromatic carbocycles. The maximum Gasteiger partial charge on any atom is 0.0962 e. The Kier molecular flexibility index (Phi) is 4.77. The molecular weight excluding hydrogens is 264 g/mol. The van der Waals surface area contributed by atoms with Crippen molar-refractivity contribution < 1.29 is 0 Å². The van der Waals surface area contributed by atoms with Gasteiger partial charge in [0.1, 0.15) is 0 Å². The lowest BCUT2D eigenvalue weighted by Gasteiger charge is -2.26. The summed E-state index contributed by atoms with van der Waals surface area (Å²) >= 11 is 2.01. The molecule has 20 heavy (non-hydrogen) atoms. The smallest absolute Gasteiger partial charge is 0.0962 e. The van der Waals surface area contributed by atoms with Gasteiger partial charge in [-0.25, -0.2) is 4.98 Å². The third-order valence-electron chi connectivity index (χ3n) is 5.02. The first-order valence-corrected chi connectivity index (χ1v) is 9.33. The fourth-order valence-corrected chi connectivity index (χ4v) is 4.71. The highest BCUT2D eigenvalue weighted by molar-refractivity contribution is 7.11. The molecule has 0 unspecified atom stereocenters. The van der Waals surface area contributed by atoms with Gasteiger partial charge in [-0.2, -0.15) is 0 Å². The molecule has 0 radical (unpaired) electrons. The molecular formula is C17H28N2S. The van der Waals surface area contributed by atoms with Gasteiger partial charge in [-0.15, -0.1) is 11.3 Å². The molecule has 2 nitrogen and oxygen atoms in total. The van der Waals surface area contributed by atoms with E-state index in [0.29, 0.717) is 0 Å². The molecule has 1 heterocycles. The van der Waals surface area contributed by atoms with Crippen LogP contribution in [-0.4, -0.2) is 11.5 Å². The van der Waals surface area contributed by atoms with Crippen molar-refractivity contribution in [2.24, 2.45) is 5.92 Å². The Morgan fingerprint density at radius 2 is 1.75 bits per heavy atom. The molecule has 0 saturated heterocycles. The Hall–Kier alpha value is -0.410. The summed E-state index contributed by atoms with van der Waals surface area (Å²) in [7, 11) is 0. The highest BCUT2D eigenvalue weighted by Crippen LogP contribution is 2.45. The molecule has 2 aliphatic rings. The second-order valence-corrected chi connectivity index (χ2v) is 7.66. The molecule has 0 atom stereocenters. The molecule has 2 aliphatic carbocycles. The van der Waals surface area contributed by atoms with Crippen molar-refractivity contribution in [1.29, 1.82) is 0 Å². The quantitative estimate of drug-likeness (QED) is 0.813. The highest BCUT2D eigenvalue weighted by atomic mass is 32.1. The summed E-state index contributed by atoms with van der Waals surface area (Å²) in [5.74, 6) is 2.53. The van der Waals surface area contributed by atoms with Gasteiger partial charge in [-0.05, 0) is 51.0 Å². The third kappa shape index (κ3) is 3.25. The van der Waals surface area contributed by atoms with Gasteiger partial charge in [-0.3, -0.25) is 0 Å². The van der Waals surface area contributed by atoms with E-state index in [1.165, 1.54) is 60.5 Å². The second kappa shape index (κ2) is 6.57. The molecule has 0 bridgehead atoms. The lowest BCUT2D eigenvalue weighted by Crippen LogP contribution is -2.12. The molecule has 0 spiro atoms. The first-order valence-electron chi connectivity index (χ1n) is 8.52. The zero-order valence-corrected chi connectivity index (χ0v) is 13.8. The van der Waals surface area contributed by atoms with Gasteiger partial charge in [0, 0.05) is 23.3 Å². The Morgan fingerprint density at radius 3 is 2.35 bits per heavy atom. The number of hydrogen-bond donors (Lipinski definition) is 1. The summed E-state index contributed by atoms with van der Waals surface area (Å²) in [4.78, 5) is 6.61. The maximum atomic E-state index is 5.08. The van der Waals surface area contributed by atoms with E-state index in [1.54, 1.807) is 0 Å². The minimum atomic E-state index is 0.760. The Bertz CT molecular complexity index is 428. The van der Waals surface area contributed by atoms with Crippen LogP contribution < -0.4 is 5.32 Å². The van der Waals surface area contributed by atoms with Crippen LogP contribution in [0.1, 0.15) is 86.2 Å². The first-order chi connectivity index (χ1) is 9.81. The first kappa shape index (κ1) is 14.5. The minimum Gasteiger partial charge on any atom is -0.312 e. The monoisotopic (exact) mass is 292 g/mol. The highest BCUT2D eigenvalue weighted by Gasteiger charge is 2.31. The zero-order valence-electron chi connectivity index (χ0n) is 13.0. The molecule has 1 aromatic rings. The molecule has 1 aromatic heterocycles. The SMILES string of the molecule is CCNCc1sc(C2CCC(CC)CC2)nc1C1CC1. The Labute approximate surface area is 127 Å². The van der Waals surface area contributed by atoms with Gasteiger partial charge in [0.2, 0.25) is 0 Å². The van der Waals surface area contributed by atoms with Crippen LogP contribution in [0.4, 0.5) is 0 Å². The number of thiazole rings is 1. The standard InChI is InChI=1S/C17H28N2S/c1-3-12-5-7-14(8-6-12)17-19-16(13-9-10-13)15(20-17)11-18-4-2/h12-14,18H,3-11H2,1-2H3.